The van der Waals surface area contributed by atoms with E-state index in [0.29, 0.717) is 19.6 Å². The SMILES string of the molecule is N[C@@H]1COC[C@@H]1C1C=CC(C(F)(F)F)=CC1. The summed E-state index contributed by atoms with van der Waals surface area (Å²) < 4.78 is 42.3. The van der Waals surface area contributed by atoms with Crippen molar-refractivity contribution in [3.63, 3.8) is 0 Å². The fourth-order valence-electron chi connectivity index (χ4n) is 2.19. The first-order valence-corrected chi connectivity index (χ1v) is 5.27. The lowest BCUT2D eigenvalue weighted by atomic mass is 9.83. The van der Waals surface area contributed by atoms with Crippen LogP contribution in [0.2, 0.25) is 0 Å². The summed E-state index contributed by atoms with van der Waals surface area (Å²) in [7, 11) is 0. The highest BCUT2D eigenvalue weighted by atomic mass is 19.4. The molecule has 0 saturated carbocycles. The minimum absolute atomic E-state index is 0.0597. The van der Waals surface area contributed by atoms with Crippen molar-refractivity contribution in [2.75, 3.05) is 13.2 Å². The van der Waals surface area contributed by atoms with Gasteiger partial charge in [0.05, 0.1) is 18.8 Å². The maximum Gasteiger partial charge on any atom is 0.416 e. The standard InChI is InChI=1S/C11H14F3NO/c12-11(13,14)8-3-1-7(2-4-8)9-5-16-6-10(9)15/h1,3-4,7,9-10H,2,5-6,15H2/t7?,9-,10-/m1/s1. The molecule has 2 rings (SSSR count). The Hall–Kier alpha value is -0.810. The number of rotatable bonds is 1. The third-order valence-corrected chi connectivity index (χ3v) is 3.18. The van der Waals surface area contributed by atoms with E-state index in [1.807, 2.05) is 0 Å². The zero-order chi connectivity index (χ0) is 11.8. The average Bonchev–Trinajstić information content (AvgIpc) is 2.63. The van der Waals surface area contributed by atoms with Gasteiger partial charge in [-0.3, -0.25) is 0 Å². The van der Waals surface area contributed by atoms with Crippen LogP contribution < -0.4 is 5.73 Å². The first-order chi connectivity index (χ1) is 7.48. The largest absolute Gasteiger partial charge is 0.416 e. The van der Waals surface area contributed by atoms with Crippen molar-refractivity contribution < 1.29 is 17.9 Å². The van der Waals surface area contributed by atoms with Crippen LogP contribution in [0.25, 0.3) is 0 Å². The highest BCUT2D eigenvalue weighted by Gasteiger charge is 2.36. The van der Waals surface area contributed by atoms with Crippen molar-refractivity contribution in [2.45, 2.75) is 18.6 Å². The van der Waals surface area contributed by atoms with Crippen LogP contribution in [0.3, 0.4) is 0 Å². The van der Waals surface area contributed by atoms with Crippen molar-refractivity contribution in [1.29, 1.82) is 0 Å². The predicted octanol–water partition coefficient (Wildman–Crippen LogP) is 2.02. The summed E-state index contributed by atoms with van der Waals surface area (Å²) in [6.07, 6.45) is 0.166. The molecular weight excluding hydrogens is 219 g/mol. The van der Waals surface area contributed by atoms with Crippen molar-refractivity contribution in [1.82, 2.24) is 0 Å². The summed E-state index contributed by atoms with van der Waals surface area (Å²) in [5, 5.41) is 0. The number of hydrogen-bond donors (Lipinski definition) is 1. The Morgan fingerprint density at radius 3 is 2.50 bits per heavy atom. The summed E-state index contributed by atoms with van der Waals surface area (Å²) >= 11 is 0. The highest BCUT2D eigenvalue weighted by molar-refractivity contribution is 5.28. The van der Waals surface area contributed by atoms with Crippen LogP contribution in [-0.2, 0) is 4.74 Å². The quantitative estimate of drug-likeness (QED) is 0.752. The molecule has 2 nitrogen and oxygen atoms in total. The zero-order valence-corrected chi connectivity index (χ0v) is 8.70. The second kappa shape index (κ2) is 4.22. The van der Waals surface area contributed by atoms with Gasteiger partial charge in [-0.15, -0.1) is 0 Å². The Morgan fingerprint density at radius 2 is 2.06 bits per heavy atom. The number of halogens is 3. The molecule has 1 aliphatic carbocycles. The van der Waals surface area contributed by atoms with Crippen molar-refractivity contribution >= 4 is 0 Å². The summed E-state index contributed by atoms with van der Waals surface area (Å²) in [6.45, 7) is 1.05. The predicted molar refractivity (Wildman–Crippen MR) is 53.7 cm³/mol. The molecule has 0 amide bonds. The molecule has 0 spiro atoms. The summed E-state index contributed by atoms with van der Waals surface area (Å²) in [4.78, 5) is 0. The van der Waals surface area contributed by atoms with E-state index in [4.69, 9.17) is 10.5 Å². The van der Waals surface area contributed by atoms with Crippen LogP contribution in [-0.4, -0.2) is 25.4 Å². The average molecular weight is 233 g/mol. The molecule has 0 aromatic carbocycles. The fourth-order valence-corrected chi connectivity index (χ4v) is 2.19. The van der Waals surface area contributed by atoms with Gasteiger partial charge in [-0.05, 0) is 12.3 Å². The van der Waals surface area contributed by atoms with E-state index in [-0.39, 0.29) is 17.9 Å². The van der Waals surface area contributed by atoms with Crippen LogP contribution in [0.1, 0.15) is 6.42 Å². The van der Waals surface area contributed by atoms with Gasteiger partial charge in [-0.1, -0.05) is 18.2 Å². The second-order valence-electron chi connectivity index (χ2n) is 4.28. The topological polar surface area (TPSA) is 35.2 Å². The molecule has 5 heteroatoms. The lowest BCUT2D eigenvalue weighted by Crippen LogP contribution is -2.33. The van der Waals surface area contributed by atoms with Crippen LogP contribution in [0.5, 0.6) is 0 Å². The van der Waals surface area contributed by atoms with Crippen molar-refractivity contribution in [2.24, 2.45) is 17.6 Å². The Labute approximate surface area is 91.9 Å². The molecule has 0 bridgehead atoms. The molecule has 1 fully saturated rings. The maximum atomic E-state index is 12.4. The number of alkyl halides is 3. The van der Waals surface area contributed by atoms with E-state index in [1.165, 1.54) is 6.08 Å². The highest BCUT2D eigenvalue weighted by Crippen LogP contribution is 2.34. The van der Waals surface area contributed by atoms with Gasteiger partial charge in [0.2, 0.25) is 0 Å². The summed E-state index contributed by atoms with van der Waals surface area (Å²) in [6, 6.07) is -0.0597. The smallest absolute Gasteiger partial charge is 0.379 e. The number of ether oxygens (including phenoxy) is 1. The minimum Gasteiger partial charge on any atom is -0.379 e. The van der Waals surface area contributed by atoms with E-state index < -0.39 is 11.7 Å². The van der Waals surface area contributed by atoms with Crippen molar-refractivity contribution in [3.8, 4) is 0 Å². The Kier molecular flexibility index (Phi) is 3.08. The van der Waals surface area contributed by atoms with Gasteiger partial charge >= 0.3 is 6.18 Å². The molecular formula is C11H14F3NO. The molecule has 0 aromatic rings. The lowest BCUT2D eigenvalue weighted by Gasteiger charge is -2.24. The Bertz CT molecular complexity index is 322. The molecule has 0 aromatic heterocycles. The maximum absolute atomic E-state index is 12.4. The molecule has 1 heterocycles. The summed E-state index contributed by atoms with van der Waals surface area (Å²) in [5.74, 6) is 0.214. The minimum atomic E-state index is -4.24. The monoisotopic (exact) mass is 233 g/mol. The molecule has 0 radical (unpaired) electrons. The third-order valence-electron chi connectivity index (χ3n) is 3.18. The molecule has 1 unspecified atom stereocenters. The Morgan fingerprint density at radius 1 is 1.31 bits per heavy atom. The van der Waals surface area contributed by atoms with Gasteiger partial charge < -0.3 is 10.5 Å². The van der Waals surface area contributed by atoms with Gasteiger partial charge in [0.25, 0.3) is 0 Å². The number of nitrogens with two attached hydrogens (primary N) is 1. The third kappa shape index (κ3) is 2.30. The zero-order valence-electron chi connectivity index (χ0n) is 8.70. The molecule has 1 aliphatic heterocycles. The van der Waals surface area contributed by atoms with Crippen LogP contribution in [0, 0.1) is 11.8 Å². The van der Waals surface area contributed by atoms with Gasteiger partial charge in [-0.2, -0.15) is 13.2 Å². The fraction of sp³-hybridized carbons (Fsp3) is 0.636. The van der Waals surface area contributed by atoms with E-state index in [9.17, 15) is 13.2 Å². The molecule has 90 valence electrons. The number of hydrogen-bond acceptors (Lipinski definition) is 2. The molecule has 2 aliphatic rings. The van der Waals surface area contributed by atoms with Gasteiger partial charge in [0, 0.05) is 12.0 Å². The van der Waals surface area contributed by atoms with E-state index >= 15 is 0 Å². The molecule has 2 N–H and O–H groups in total. The molecule has 16 heavy (non-hydrogen) atoms. The van der Waals surface area contributed by atoms with E-state index in [0.717, 1.165) is 6.08 Å². The number of allylic oxidation sites excluding steroid dienone is 4. The van der Waals surface area contributed by atoms with Crippen LogP contribution in [0.15, 0.2) is 23.8 Å². The Balaban J connectivity index is 2.00. The van der Waals surface area contributed by atoms with Gasteiger partial charge in [0.15, 0.2) is 0 Å². The van der Waals surface area contributed by atoms with Crippen LogP contribution in [0.4, 0.5) is 13.2 Å². The lowest BCUT2D eigenvalue weighted by molar-refractivity contribution is -0.0888. The van der Waals surface area contributed by atoms with Gasteiger partial charge in [-0.25, -0.2) is 0 Å². The molecule has 3 atom stereocenters. The van der Waals surface area contributed by atoms with Crippen molar-refractivity contribution in [3.05, 3.63) is 23.8 Å². The normalized spacial score (nSPS) is 35.2. The summed E-state index contributed by atoms with van der Waals surface area (Å²) in [5.41, 5.74) is 5.27. The van der Waals surface area contributed by atoms with E-state index in [2.05, 4.69) is 0 Å². The van der Waals surface area contributed by atoms with Gasteiger partial charge in [0.1, 0.15) is 0 Å². The van der Waals surface area contributed by atoms with E-state index in [1.54, 1.807) is 6.08 Å². The first kappa shape index (κ1) is 11.7. The second-order valence-corrected chi connectivity index (χ2v) is 4.28. The first-order valence-electron chi connectivity index (χ1n) is 5.27. The van der Waals surface area contributed by atoms with Crippen LogP contribution >= 0.6 is 0 Å². The molecule has 1 saturated heterocycles.